The second kappa shape index (κ2) is 20.0. The summed E-state index contributed by atoms with van der Waals surface area (Å²) in [7, 11) is 0. The van der Waals surface area contributed by atoms with E-state index in [9.17, 15) is 24.9 Å². The number of carbonyl (C=O) groups is 1. The zero-order valence-corrected chi connectivity index (χ0v) is 23.8. The summed E-state index contributed by atoms with van der Waals surface area (Å²) in [4.78, 5) is 28.1. The Balaban J connectivity index is 1.45. The number of nitrogens with one attached hydrogen (secondary N) is 1. The van der Waals surface area contributed by atoms with E-state index in [-0.39, 0.29) is 5.82 Å². The monoisotopic (exact) mass is 553 g/mol. The molecule has 0 unspecified atom stereocenters. The van der Waals surface area contributed by atoms with Crippen LogP contribution in [0.25, 0.3) is 0 Å². The van der Waals surface area contributed by atoms with E-state index in [0.29, 0.717) is 6.61 Å². The van der Waals surface area contributed by atoms with E-state index in [1.807, 2.05) is 0 Å². The van der Waals surface area contributed by atoms with Gasteiger partial charge in [-0.25, -0.2) is 9.59 Å². The molecule has 0 radical (unpaired) electrons. The molecule has 224 valence electrons. The summed E-state index contributed by atoms with van der Waals surface area (Å²) in [6, 6.07) is 1.37. The minimum absolute atomic E-state index is 0.00963. The van der Waals surface area contributed by atoms with Crippen molar-refractivity contribution in [2.75, 3.05) is 18.5 Å². The van der Waals surface area contributed by atoms with Crippen molar-refractivity contribution in [1.82, 2.24) is 9.55 Å². The average Bonchev–Trinajstić information content (AvgIpc) is 3.21. The number of ether oxygens (including phenoxy) is 2. The Hall–Kier alpha value is -2.01. The van der Waals surface area contributed by atoms with Crippen molar-refractivity contribution < 1.29 is 29.6 Å². The van der Waals surface area contributed by atoms with Gasteiger partial charge in [0.1, 0.15) is 24.1 Å². The standard InChI is InChI=1S/C29H51N3O7/c1-2-3-4-5-6-7-8-9-10-11-12-13-14-15-16-17-18-21-38-29(37)31-24-19-20-32(28(36)30-24)27-26(35)25(34)23(22-33)39-27/h19-20,23,25-27,33-35H,2-18,21-22H2,1H3,(H,30,31,36,37)/t23-,25-,26+,27-/m1/s1. The quantitative estimate of drug-likeness (QED) is 0.155. The van der Waals surface area contributed by atoms with Crippen LogP contribution in [0.3, 0.4) is 0 Å². The Morgan fingerprint density at radius 1 is 0.897 bits per heavy atom. The Bertz CT molecular complexity index is 850. The molecule has 0 aliphatic carbocycles. The SMILES string of the molecule is CCCCCCCCCCCCCCCCCCCOC(=O)Nc1ccn([C@@H]2O[C@H](CO)[C@@H](O)[C@@H]2O)c(=O)n1. The van der Waals surface area contributed by atoms with E-state index < -0.39 is 42.9 Å². The number of amides is 1. The highest BCUT2D eigenvalue weighted by Crippen LogP contribution is 2.28. The number of hydrogen-bond donors (Lipinski definition) is 4. The first kappa shape index (κ1) is 33.2. The van der Waals surface area contributed by atoms with E-state index >= 15 is 0 Å². The maximum absolute atomic E-state index is 12.3. The molecule has 10 nitrogen and oxygen atoms in total. The van der Waals surface area contributed by atoms with Crippen LogP contribution in [-0.2, 0) is 9.47 Å². The molecule has 10 heteroatoms. The summed E-state index contributed by atoms with van der Waals surface area (Å²) in [6.07, 6.45) is 17.6. The molecule has 0 saturated carbocycles. The van der Waals surface area contributed by atoms with Crippen molar-refractivity contribution in [3.8, 4) is 0 Å². The lowest BCUT2D eigenvalue weighted by Gasteiger charge is -2.17. The van der Waals surface area contributed by atoms with E-state index in [0.717, 1.165) is 23.8 Å². The maximum Gasteiger partial charge on any atom is 0.412 e. The summed E-state index contributed by atoms with van der Waals surface area (Å²) in [5, 5.41) is 31.5. The molecule has 1 aromatic heterocycles. The lowest BCUT2D eigenvalue weighted by molar-refractivity contribution is -0.0549. The molecule has 0 bridgehead atoms. The summed E-state index contributed by atoms with van der Waals surface area (Å²) in [5.41, 5.74) is -0.782. The van der Waals surface area contributed by atoms with Crippen molar-refractivity contribution in [2.45, 2.75) is 141 Å². The second-order valence-corrected chi connectivity index (χ2v) is 10.6. The third-order valence-electron chi connectivity index (χ3n) is 7.33. The minimum Gasteiger partial charge on any atom is -0.449 e. The van der Waals surface area contributed by atoms with Crippen LogP contribution in [0.2, 0.25) is 0 Å². The predicted molar refractivity (Wildman–Crippen MR) is 151 cm³/mol. The molecule has 2 heterocycles. The van der Waals surface area contributed by atoms with Gasteiger partial charge in [0.2, 0.25) is 0 Å². The molecule has 39 heavy (non-hydrogen) atoms. The first-order valence-corrected chi connectivity index (χ1v) is 15.1. The topological polar surface area (TPSA) is 143 Å². The lowest BCUT2D eigenvalue weighted by atomic mass is 10.0. The highest BCUT2D eigenvalue weighted by molar-refractivity contribution is 5.83. The van der Waals surface area contributed by atoms with Crippen molar-refractivity contribution in [1.29, 1.82) is 0 Å². The third-order valence-corrected chi connectivity index (χ3v) is 7.33. The Kier molecular flexibility index (Phi) is 17.0. The van der Waals surface area contributed by atoms with Gasteiger partial charge in [-0.15, -0.1) is 0 Å². The number of hydrogen-bond acceptors (Lipinski definition) is 8. The molecular weight excluding hydrogens is 502 g/mol. The summed E-state index contributed by atoms with van der Waals surface area (Å²) in [6.45, 7) is 2.06. The van der Waals surface area contributed by atoms with Crippen LogP contribution in [0.1, 0.15) is 122 Å². The molecule has 1 aliphatic heterocycles. The fourth-order valence-electron chi connectivity index (χ4n) is 4.92. The van der Waals surface area contributed by atoms with Gasteiger partial charge in [0.15, 0.2) is 6.23 Å². The fourth-order valence-corrected chi connectivity index (χ4v) is 4.92. The predicted octanol–water partition coefficient (Wildman–Crippen LogP) is 5.05. The van der Waals surface area contributed by atoms with Crippen LogP contribution < -0.4 is 11.0 Å². The van der Waals surface area contributed by atoms with Crippen molar-refractivity contribution in [3.63, 3.8) is 0 Å². The van der Waals surface area contributed by atoms with Crippen LogP contribution in [0.15, 0.2) is 17.1 Å². The highest BCUT2D eigenvalue weighted by atomic mass is 16.6. The molecule has 0 spiro atoms. The Morgan fingerprint density at radius 2 is 1.41 bits per heavy atom. The molecule has 2 rings (SSSR count). The van der Waals surface area contributed by atoms with Gasteiger partial charge in [0, 0.05) is 6.20 Å². The molecule has 4 N–H and O–H groups in total. The average molecular weight is 554 g/mol. The number of aliphatic hydroxyl groups excluding tert-OH is 3. The molecule has 4 atom stereocenters. The van der Waals surface area contributed by atoms with Crippen molar-refractivity contribution in [2.24, 2.45) is 0 Å². The minimum atomic E-state index is -1.39. The van der Waals surface area contributed by atoms with Crippen molar-refractivity contribution >= 4 is 11.9 Å². The van der Waals surface area contributed by atoms with Crippen LogP contribution in [0.5, 0.6) is 0 Å². The molecule has 1 saturated heterocycles. The second-order valence-electron chi connectivity index (χ2n) is 10.6. The van der Waals surface area contributed by atoms with Gasteiger partial charge in [0.25, 0.3) is 0 Å². The largest absolute Gasteiger partial charge is 0.449 e. The number of anilines is 1. The number of carbonyl (C=O) groups excluding carboxylic acids is 1. The molecule has 1 fully saturated rings. The van der Waals surface area contributed by atoms with Gasteiger partial charge in [-0.05, 0) is 12.5 Å². The third kappa shape index (κ3) is 12.8. The van der Waals surface area contributed by atoms with E-state index in [1.165, 1.54) is 102 Å². The lowest BCUT2D eigenvalue weighted by Crippen LogP contribution is -2.36. The van der Waals surface area contributed by atoms with E-state index in [2.05, 4.69) is 17.2 Å². The Morgan fingerprint density at radius 3 is 1.87 bits per heavy atom. The number of unbranched alkanes of at least 4 members (excludes halogenated alkanes) is 16. The summed E-state index contributed by atoms with van der Waals surface area (Å²) in [5.74, 6) is 0.00963. The molecule has 1 aliphatic rings. The normalized spacial score (nSPS) is 20.8. The van der Waals surface area contributed by atoms with E-state index in [1.54, 1.807) is 0 Å². The van der Waals surface area contributed by atoms with Gasteiger partial charge in [-0.2, -0.15) is 4.98 Å². The zero-order chi connectivity index (χ0) is 28.3. The van der Waals surface area contributed by atoms with Gasteiger partial charge in [-0.3, -0.25) is 9.88 Å². The maximum atomic E-state index is 12.3. The van der Waals surface area contributed by atoms with Crippen LogP contribution in [0, 0.1) is 0 Å². The Labute approximate surface area is 233 Å². The van der Waals surface area contributed by atoms with Gasteiger partial charge in [0.05, 0.1) is 13.2 Å². The van der Waals surface area contributed by atoms with Crippen molar-refractivity contribution in [3.05, 3.63) is 22.7 Å². The molecule has 1 amide bonds. The van der Waals surface area contributed by atoms with E-state index in [4.69, 9.17) is 9.47 Å². The van der Waals surface area contributed by atoms with Gasteiger partial charge < -0.3 is 24.8 Å². The summed E-state index contributed by atoms with van der Waals surface area (Å²) >= 11 is 0. The molecular formula is C29H51N3O7. The van der Waals surface area contributed by atoms with Gasteiger partial charge >= 0.3 is 11.8 Å². The smallest absolute Gasteiger partial charge is 0.412 e. The number of rotatable bonds is 21. The molecule has 1 aromatic rings. The number of nitrogens with zero attached hydrogens (tertiary/aromatic N) is 2. The van der Waals surface area contributed by atoms with Crippen LogP contribution >= 0.6 is 0 Å². The fraction of sp³-hybridized carbons (Fsp3) is 0.828. The van der Waals surface area contributed by atoms with Crippen LogP contribution in [0.4, 0.5) is 10.6 Å². The van der Waals surface area contributed by atoms with Gasteiger partial charge in [-0.1, -0.05) is 110 Å². The highest BCUT2D eigenvalue weighted by Gasteiger charge is 2.43. The first-order chi connectivity index (χ1) is 19.0. The van der Waals surface area contributed by atoms with Crippen LogP contribution in [-0.4, -0.2) is 62.5 Å². The number of aliphatic hydroxyl groups is 3. The first-order valence-electron chi connectivity index (χ1n) is 15.1. The molecule has 0 aromatic carbocycles. The number of aromatic nitrogens is 2. The zero-order valence-electron chi connectivity index (χ0n) is 23.8. The summed E-state index contributed by atoms with van der Waals surface area (Å²) < 4.78 is 11.5.